The lowest BCUT2D eigenvalue weighted by atomic mass is 10.0. The van der Waals surface area contributed by atoms with E-state index >= 15 is 0 Å². The molecule has 0 amide bonds. The minimum Gasteiger partial charge on any atom is -0.330 e. The lowest BCUT2D eigenvalue weighted by Crippen LogP contribution is -2.41. The molecule has 0 heterocycles. The molecule has 0 aromatic heterocycles. The van der Waals surface area contributed by atoms with Gasteiger partial charge >= 0.3 is 0 Å². The van der Waals surface area contributed by atoms with E-state index < -0.39 is 10.0 Å². The number of hydrogen-bond donors (Lipinski definition) is 1. The molecule has 0 aliphatic heterocycles. The van der Waals surface area contributed by atoms with Crippen molar-refractivity contribution in [1.82, 2.24) is 0 Å². The maximum absolute atomic E-state index is 13.0. The maximum atomic E-state index is 13.0. The van der Waals surface area contributed by atoms with Crippen molar-refractivity contribution in [2.24, 2.45) is 5.73 Å². The first-order chi connectivity index (χ1) is 10.1. The number of nitrogens with two attached hydrogens (primary N) is 1. The minimum atomic E-state index is -3.29. The molecule has 0 radical (unpaired) electrons. The normalized spacial score (nSPS) is 16.9. The van der Waals surface area contributed by atoms with E-state index in [1.165, 1.54) is 0 Å². The van der Waals surface area contributed by atoms with Crippen LogP contribution < -0.4 is 10.0 Å². The molecule has 1 aromatic rings. The summed E-state index contributed by atoms with van der Waals surface area (Å²) in [7, 11) is -3.29. The van der Waals surface area contributed by atoms with Crippen LogP contribution in [0.5, 0.6) is 0 Å². The number of aryl methyl sites for hydroxylation is 1. The lowest BCUT2D eigenvalue weighted by molar-refractivity contribution is 0.481. The number of anilines is 1. The first-order valence-corrected chi connectivity index (χ1v) is 9.34. The van der Waals surface area contributed by atoms with Crippen molar-refractivity contribution in [2.45, 2.75) is 50.7 Å². The zero-order valence-corrected chi connectivity index (χ0v) is 13.6. The van der Waals surface area contributed by atoms with E-state index in [1.54, 1.807) is 4.31 Å². The van der Waals surface area contributed by atoms with E-state index in [4.69, 9.17) is 5.73 Å². The van der Waals surface area contributed by atoms with Crippen LogP contribution in [0, 0.1) is 6.92 Å². The van der Waals surface area contributed by atoms with Crippen LogP contribution in [0.4, 0.5) is 5.69 Å². The molecule has 1 aromatic carbocycles. The predicted octanol–water partition coefficient (Wildman–Crippen LogP) is 2.81. The molecule has 1 saturated carbocycles. The van der Waals surface area contributed by atoms with Gasteiger partial charge in [-0.2, -0.15) is 0 Å². The van der Waals surface area contributed by atoms with Crippen molar-refractivity contribution in [3.05, 3.63) is 29.8 Å². The second kappa shape index (κ2) is 7.27. The molecule has 1 aliphatic rings. The van der Waals surface area contributed by atoms with E-state index in [-0.39, 0.29) is 5.25 Å². The van der Waals surface area contributed by atoms with Gasteiger partial charge in [0.05, 0.1) is 10.9 Å². The second-order valence-corrected chi connectivity index (χ2v) is 8.00. The number of benzene rings is 1. The van der Waals surface area contributed by atoms with E-state index in [0.29, 0.717) is 19.5 Å². The van der Waals surface area contributed by atoms with E-state index in [9.17, 15) is 8.42 Å². The third-order valence-corrected chi connectivity index (χ3v) is 6.46. The molecule has 0 spiro atoms. The maximum Gasteiger partial charge on any atom is 0.238 e. The highest BCUT2D eigenvalue weighted by molar-refractivity contribution is 7.93. The van der Waals surface area contributed by atoms with Crippen LogP contribution in [0.25, 0.3) is 0 Å². The van der Waals surface area contributed by atoms with Crippen LogP contribution in [-0.2, 0) is 10.0 Å². The van der Waals surface area contributed by atoms with Gasteiger partial charge in [-0.15, -0.1) is 0 Å². The summed E-state index contributed by atoms with van der Waals surface area (Å²) in [6.45, 7) is 2.96. The number of hydrogen-bond acceptors (Lipinski definition) is 3. The van der Waals surface area contributed by atoms with Gasteiger partial charge in [-0.1, -0.05) is 31.4 Å². The average molecular weight is 310 g/mol. The van der Waals surface area contributed by atoms with Crippen LogP contribution in [0.3, 0.4) is 0 Å². The summed E-state index contributed by atoms with van der Waals surface area (Å²) in [5.41, 5.74) is 7.43. The highest BCUT2D eigenvalue weighted by atomic mass is 32.2. The Morgan fingerprint density at radius 3 is 2.57 bits per heavy atom. The van der Waals surface area contributed by atoms with Crippen LogP contribution >= 0.6 is 0 Å². The molecule has 0 atom stereocenters. The third-order valence-electron chi connectivity index (χ3n) is 4.14. The molecule has 5 heteroatoms. The number of sulfonamides is 1. The van der Waals surface area contributed by atoms with Gasteiger partial charge in [0.25, 0.3) is 0 Å². The summed E-state index contributed by atoms with van der Waals surface area (Å²) in [6.07, 6.45) is 5.44. The summed E-state index contributed by atoms with van der Waals surface area (Å²) in [4.78, 5) is 0. The second-order valence-electron chi connectivity index (χ2n) is 5.86. The standard InChI is InChI=1S/C16H26N2O2S/c1-14-7-5-8-15(13-14)18(12-6-11-17)21(19,20)16-9-3-2-4-10-16/h5,7-8,13,16H,2-4,6,9-12,17H2,1H3. The Balaban J connectivity index is 2.30. The Morgan fingerprint density at radius 2 is 1.95 bits per heavy atom. The number of nitrogens with zero attached hydrogens (tertiary/aromatic N) is 1. The lowest BCUT2D eigenvalue weighted by Gasteiger charge is -2.31. The number of rotatable bonds is 6. The largest absolute Gasteiger partial charge is 0.330 e. The van der Waals surface area contributed by atoms with Gasteiger partial charge in [0.1, 0.15) is 0 Å². The topological polar surface area (TPSA) is 63.4 Å². The highest BCUT2D eigenvalue weighted by Gasteiger charge is 2.32. The van der Waals surface area contributed by atoms with Gasteiger partial charge in [0.15, 0.2) is 0 Å². The highest BCUT2D eigenvalue weighted by Crippen LogP contribution is 2.29. The molecule has 2 N–H and O–H groups in total. The molecular formula is C16H26N2O2S. The molecule has 0 saturated heterocycles. The van der Waals surface area contributed by atoms with Crippen molar-refractivity contribution in [1.29, 1.82) is 0 Å². The molecule has 0 bridgehead atoms. The monoisotopic (exact) mass is 310 g/mol. The van der Waals surface area contributed by atoms with Crippen molar-refractivity contribution < 1.29 is 8.42 Å². The molecule has 1 aliphatic carbocycles. The Bertz CT molecular complexity index is 551. The van der Waals surface area contributed by atoms with Gasteiger partial charge in [0.2, 0.25) is 10.0 Å². The Kier molecular flexibility index (Phi) is 5.65. The fraction of sp³-hybridized carbons (Fsp3) is 0.625. The Hall–Kier alpha value is -1.07. The quantitative estimate of drug-likeness (QED) is 0.878. The Morgan fingerprint density at radius 1 is 1.24 bits per heavy atom. The fourth-order valence-corrected chi connectivity index (χ4v) is 5.04. The predicted molar refractivity (Wildman–Crippen MR) is 88.0 cm³/mol. The van der Waals surface area contributed by atoms with Gasteiger partial charge in [-0.25, -0.2) is 8.42 Å². The van der Waals surface area contributed by atoms with Crippen molar-refractivity contribution in [3.8, 4) is 0 Å². The first kappa shape index (κ1) is 16.3. The van der Waals surface area contributed by atoms with Crippen molar-refractivity contribution in [2.75, 3.05) is 17.4 Å². The zero-order valence-electron chi connectivity index (χ0n) is 12.8. The summed E-state index contributed by atoms with van der Waals surface area (Å²) >= 11 is 0. The summed E-state index contributed by atoms with van der Waals surface area (Å²) in [5, 5.41) is -0.232. The first-order valence-electron chi connectivity index (χ1n) is 7.84. The molecule has 4 nitrogen and oxygen atoms in total. The fourth-order valence-electron chi connectivity index (χ4n) is 2.96. The van der Waals surface area contributed by atoms with Crippen molar-refractivity contribution >= 4 is 15.7 Å². The average Bonchev–Trinajstić information content (AvgIpc) is 2.48. The molecule has 0 unspecified atom stereocenters. The van der Waals surface area contributed by atoms with Gasteiger partial charge in [0, 0.05) is 6.54 Å². The SMILES string of the molecule is Cc1cccc(N(CCCN)S(=O)(=O)C2CCCCC2)c1. The van der Waals surface area contributed by atoms with Gasteiger partial charge < -0.3 is 5.73 Å². The van der Waals surface area contributed by atoms with Crippen LogP contribution in [0.15, 0.2) is 24.3 Å². The van der Waals surface area contributed by atoms with E-state index in [0.717, 1.165) is 43.4 Å². The van der Waals surface area contributed by atoms with Crippen LogP contribution in [0.2, 0.25) is 0 Å². The summed E-state index contributed by atoms with van der Waals surface area (Å²) in [5.74, 6) is 0. The minimum absolute atomic E-state index is 0.232. The summed E-state index contributed by atoms with van der Waals surface area (Å²) < 4.78 is 27.6. The van der Waals surface area contributed by atoms with Gasteiger partial charge in [-0.05, 0) is 50.4 Å². The smallest absolute Gasteiger partial charge is 0.238 e. The van der Waals surface area contributed by atoms with E-state index in [1.807, 2.05) is 31.2 Å². The van der Waals surface area contributed by atoms with E-state index in [2.05, 4.69) is 0 Å². The van der Waals surface area contributed by atoms with Crippen LogP contribution in [-0.4, -0.2) is 26.8 Å². The molecule has 21 heavy (non-hydrogen) atoms. The van der Waals surface area contributed by atoms with Crippen LogP contribution in [0.1, 0.15) is 44.1 Å². The molecule has 118 valence electrons. The molecule has 2 rings (SSSR count). The van der Waals surface area contributed by atoms with Crippen molar-refractivity contribution in [3.63, 3.8) is 0 Å². The molecular weight excluding hydrogens is 284 g/mol. The zero-order chi connectivity index (χ0) is 15.3. The van der Waals surface area contributed by atoms with Gasteiger partial charge in [-0.3, -0.25) is 4.31 Å². The summed E-state index contributed by atoms with van der Waals surface area (Å²) in [6, 6.07) is 7.72. The molecule has 1 fully saturated rings. The third kappa shape index (κ3) is 3.98. The Labute approximate surface area is 128 Å².